The van der Waals surface area contributed by atoms with Crippen molar-refractivity contribution in [3.63, 3.8) is 0 Å². The second-order valence-corrected chi connectivity index (χ2v) is 7.20. The Labute approximate surface area is 148 Å². The lowest BCUT2D eigenvalue weighted by Crippen LogP contribution is -2.14. The third kappa shape index (κ3) is 4.53. The number of nitrogens with zero attached hydrogens (tertiary/aromatic N) is 1. The Kier molecular flexibility index (Phi) is 5.92. The minimum atomic E-state index is -2.55. The van der Waals surface area contributed by atoms with Crippen molar-refractivity contribution < 1.29 is 22.7 Å². The van der Waals surface area contributed by atoms with Crippen LogP contribution in [0.15, 0.2) is 18.3 Å². The Morgan fingerprint density at radius 3 is 2.71 bits per heavy atom. The average Bonchev–Trinajstić information content (AvgIpc) is 2.89. The standard InChI is InChI=1S/C14H13ClN2O5S2/c1-7-10(3-4-11(12(7)15)22-8(2)18)13(19)17-14-16-5-9(23-14)6-24(20)21/h3-5,24H,6H2,1-2H3,(H,16,17,19). The molecule has 2 aromatic rings. The zero-order valence-corrected chi connectivity index (χ0v) is 15.1. The van der Waals surface area contributed by atoms with Gasteiger partial charge in [0.05, 0.1) is 10.8 Å². The van der Waals surface area contributed by atoms with Gasteiger partial charge < -0.3 is 4.74 Å². The SMILES string of the molecule is CC(=O)Oc1ccc(C(=O)Nc2ncc(C[SH](=O)=O)s2)c(C)c1Cl. The number of carbonyl (C=O) groups excluding carboxylic acids is 2. The number of nitrogens with one attached hydrogen (secondary N) is 1. The second-order valence-electron chi connectivity index (χ2n) is 4.72. The number of thiol groups is 1. The van der Waals surface area contributed by atoms with Crippen molar-refractivity contribution >= 4 is 50.6 Å². The summed E-state index contributed by atoms with van der Waals surface area (Å²) in [4.78, 5) is 27.8. The molecular formula is C14H13ClN2O5S2. The summed E-state index contributed by atoms with van der Waals surface area (Å²) in [6, 6.07) is 2.92. The van der Waals surface area contributed by atoms with E-state index >= 15 is 0 Å². The van der Waals surface area contributed by atoms with Crippen LogP contribution in [0.3, 0.4) is 0 Å². The molecule has 0 radical (unpaired) electrons. The molecule has 1 amide bonds. The molecule has 24 heavy (non-hydrogen) atoms. The fourth-order valence-electron chi connectivity index (χ4n) is 1.87. The lowest BCUT2D eigenvalue weighted by Gasteiger charge is -2.10. The predicted molar refractivity (Wildman–Crippen MR) is 91.6 cm³/mol. The Balaban J connectivity index is 2.19. The summed E-state index contributed by atoms with van der Waals surface area (Å²) in [6.07, 6.45) is 1.40. The number of ether oxygens (including phenoxy) is 1. The van der Waals surface area contributed by atoms with Crippen LogP contribution in [0.2, 0.25) is 5.02 Å². The number of carbonyl (C=O) groups is 2. The Hall–Kier alpha value is -1.97. The molecule has 0 atom stereocenters. The molecule has 128 valence electrons. The number of rotatable bonds is 5. The molecule has 0 bridgehead atoms. The van der Waals surface area contributed by atoms with E-state index in [1.807, 2.05) is 0 Å². The van der Waals surface area contributed by atoms with Crippen LogP contribution in [0.1, 0.15) is 27.7 Å². The first-order valence-electron chi connectivity index (χ1n) is 6.63. The lowest BCUT2D eigenvalue weighted by molar-refractivity contribution is -0.131. The minimum Gasteiger partial charge on any atom is -0.425 e. The number of benzene rings is 1. The summed E-state index contributed by atoms with van der Waals surface area (Å²) in [7, 11) is -2.55. The fraction of sp³-hybridized carbons (Fsp3) is 0.214. The van der Waals surface area contributed by atoms with E-state index < -0.39 is 22.6 Å². The molecule has 10 heteroatoms. The zero-order valence-electron chi connectivity index (χ0n) is 12.7. The van der Waals surface area contributed by atoms with Gasteiger partial charge in [0.25, 0.3) is 5.91 Å². The van der Waals surface area contributed by atoms with E-state index in [2.05, 4.69) is 10.3 Å². The second kappa shape index (κ2) is 7.73. The molecule has 1 heterocycles. The number of anilines is 1. The summed E-state index contributed by atoms with van der Waals surface area (Å²) < 4.78 is 26.3. The van der Waals surface area contributed by atoms with Gasteiger partial charge >= 0.3 is 5.97 Å². The smallest absolute Gasteiger partial charge is 0.308 e. The van der Waals surface area contributed by atoms with Crippen molar-refractivity contribution in [2.45, 2.75) is 19.6 Å². The van der Waals surface area contributed by atoms with Crippen LogP contribution in [0.4, 0.5) is 5.13 Å². The summed E-state index contributed by atoms with van der Waals surface area (Å²) >= 11 is 7.19. The molecule has 0 fully saturated rings. The highest BCUT2D eigenvalue weighted by Gasteiger charge is 2.17. The number of aromatic nitrogens is 1. The maximum Gasteiger partial charge on any atom is 0.308 e. The van der Waals surface area contributed by atoms with E-state index in [0.717, 1.165) is 11.3 Å². The quantitative estimate of drug-likeness (QED) is 0.463. The summed E-state index contributed by atoms with van der Waals surface area (Å²) in [5.74, 6) is -0.907. The molecule has 1 N–H and O–H groups in total. The van der Waals surface area contributed by atoms with Gasteiger partial charge in [-0.3, -0.25) is 14.9 Å². The van der Waals surface area contributed by atoms with Crippen molar-refractivity contribution in [3.8, 4) is 5.75 Å². The zero-order chi connectivity index (χ0) is 17.9. The molecule has 0 aliphatic heterocycles. The first-order chi connectivity index (χ1) is 11.3. The minimum absolute atomic E-state index is 0.120. The lowest BCUT2D eigenvalue weighted by atomic mass is 10.1. The first kappa shape index (κ1) is 18.4. The van der Waals surface area contributed by atoms with Crippen LogP contribution in [-0.4, -0.2) is 25.3 Å². The van der Waals surface area contributed by atoms with E-state index in [-0.39, 0.29) is 21.7 Å². The van der Waals surface area contributed by atoms with Gasteiger partial charge in [0.1, 0.15) is 16.5 Å². The first-order valence-corrected chi connectivity index (χ1v) is 9.19. The Morgan fingerprint density at radius 1 is 1.38 bits per heavy atom. The number of halogens is 1. The van der Waals surface area contributed by atoms with Crippen LogP contribution >= 0.6 is 22.9 Å². The van der Waals surface area contributed by atoms with Gasteiger partial charge in [0.2, 0.25) is 0 Å². The maximum absolute atomic E-state index is 12.3. The van der Waals surface area contributed by atoms with Gasteiger partial charge in [0, 0.05) is 23.6 Å². The highest BCUT2D eigenvalue weighted by atomic mass is 35.5. The van der Waals surface area contributed by atoms with Gasteiger partial charge in [-0.25, -0.2) is 13.4 Å². The third-order valence-electron chi connectivity index (χ3n) is 2.91. The van der Waals surface area contributed by atoms with Crippen LogP contribution in [0, 0.1) is 6.92 Å². The highest BCUT2D eigenvalue weighted by Crippen LogP contribution is 2.31. The number of hydrogen-bond donors (Lipinski definition) is 2. The fourth-order valence-corrected chi connectivity index (χ4v) is 3.59. The Morgan fingerprint density at radius 2 is 2.08 bits per heavy atom. The molecule has 0 saturated carbocycles. The Bertz CT molecular complexity index is 868. The summed E-state index contributed by atoms with van der Waals surface area (Å²) in [5.41, 5.74) is 0.745. The van der Waals surface area contributed by atoms with Gasteiger partial charge in [-0.1, -0.05) is 11.6 Å². The van der Waals surface area contributed by atoms with Crippen LogP contribution in [0.25, 0.3) is 0 Å². The van der Waals surface area contributed by atoms with E-state index in [9.17, 15) is 18.0 Å². The molecule has 0 unspecified atom stereocenters. The molecule has 0 aliphatic rings. The molecule has 1 aromatic carbocycles. The summed E-state index contributed by atoms with van der Waals surface area (Å²) in [6.45, 7) is 2.88. The van der Waals surface area contributed by atoms with Crippen LogP contribution in [0.5, 0.6) is 5.75 Å². The highest BCUT2D eigenvalue weighted by molar-refractivity contribution is 7.71. The van der Waals surface area contributed by atoms with Gasteiger partial charge in [-0.05, 0) is 24.6 Å². The number of hydrogen-bond acceptors (Lipinski definition) is 7. The molecule has 0 aliphatic carbocycles. The molecule has 0 spiro atoms. The number of amides is 1. The number of thiazole rings is 1. The van der Waals surface area contributed by atoms with Crippen molar-refractivity contribution in [1.82, 2.24) is 4.98 Å². The molecule has 7 nitrogen and oxygen atoms in total. The van der Waals surface area contributed by atoms with Crippen molar-refractivity contribution in [2.75, 3.05) is 5.32 Å². The monoisotopic (exact) mass is 388 g/mol. The maximum atomic E-state index is 12.3. The predicted octanol–water partition coefficient (Wildman–Crippen LogP) is 2.39. The number of esters is 1. The largest absolute Gasteiger partial charge is 0.425 e. The van der Waals surface area contributed by atoms with Gasteiger partial charge in [0.15, 0.2) is 5.13 Å². The summed E-state index contributed by atoms with van der Waals surface area (Å²) in [5, 5.41) is 3.04. The molecule has 1 aromatic heterocycles. The normalized spacial score (nSPS) is 10.7. The van der Waals surface area contributed by atoms with E-state index in [4.69, 9.17) is 16.3 Å². The topological polar surface area (TPSA) is 102 Å². The van der Waals surface area contributed by atoms with Crippen molar-refractivity contribution in [1.29, 1.82) is 0 Å². The van der Waals surface area contributed by atoms with Crippen molar-refractivity contribution in [2.24, 2.45) is 0 Å². The average molecular weight is 389 g/mol. The van der Waals surface area contributed by atoms with Gasteiger partial charge in [-0.2, -0.15) is 0 Å². The van der Waals surface area contributed by atoms with E-state index in [0.29, 0.717) is 16.0 Å². The van der Waals surface area contributed by atoms with E-state index in [1.54, 1.807) is 6.92 Å². The molecular weight excluding hydrogens is 376 g/mol. The van der Waals surface area contributed by atoms with Crippen molar-refractivity contribution in [3.05, 3.63) is 39.4 Å². The van der Waals surface area contributed by atoms with E-state index in [1.165, 1.54) is 25.3 Å². The van der Waals surface area contributed by atoms with Crippen LogP contribution in [-0.2, 0) is 21.3 Å². The van der Waals surface area contributed by atoms with Gasteiger partial charge in [-0.15, -0.1) is 11.3 Å². The van der Waals surface area contributed by atoms with Crippen LogP contribution < -0.4 is 10.1 Å². The molecule has 0 saturated heterocycles. The molecule has 2 rings (SSSR count). The third-order valence-corrected chi connectivity index (χ3v) is 5.10.